The van der Waals surface area contributed by atoms with Crippen molar-refractivity contribution < 1.29 is 5.11 Å². The van der Waals surface area contributed by atoms with Crippen LogP contribution in [0, 0.1) is 11.3 Å². The zero-order chi connectivity index (χ0) is 17.5. The first kappa shape index (κ1) is 18.5. The van der Waals surface area contributed by atoms with Crippen LogP contribution >= 0.6 is 11.8 Å². The number of pyridine rings is 1. The molecule has 1 heterocycles. The average Bonchev–Trinajstić information content (AvgIpc) is 2.61. The Kier molecular flexibility index (Phi) is 6.80. The SMILES string of the molecule is CC(C)c1ccc(C#N)c(S[C@H](C[C@H](N)CO)c2ccccc2)n1. The molecule has 1 aromatic carbocycles. The fourth-order valence-corrected chi connectivity index (χ4v) is 3.66. The van der Waals surface area contributed by atoms with E-state index in [2.05, 4.69) is 24.9 Å². The Bertz CT molecular complexity index is 698. The third-order valence-corrected chi connectivity index (χ3v) is 5.05. The van der Waals surface area contributed by atoms with Gasteiger partial charge in [0.2, 0.25) is 0 Å². The van der Waals surface area contributed by atoms with Crippen LogP contribution < -0.4 is 5.73 Å². The predicted octanol–water partition coefficient (Wildman–Crippen LogP) is 3.62. The fourth-order valence-electron chi connectivity index (χ4n) is 2.36. The number of aromatic nitrogens is 1. The van der Waals surface area contributed by atoms with Gasteiger partial charge < -0.3 is 10.8 Å². The van der Waals surface area contributed by atoms with E-state index in [9.17, 15) is 10.4 Å². The Balaban J connectivity index is 2.35. The summed E-state index contributed by atoms with van der Waals surface area (Å²) in [5, 5.41) is 19.5. The standard InChI is InChI=1S/C19H23N3OS/c1-13(2)17-9-8-15(11-20)19(22-17)24-18(10-16(21)12-23)14-6-4-3-5-7-14/h3-9,13,16,18,23H,10,12,21H2,1-2H3/t16-,18+/m0/s1. The number of hydrogen-bond acceptors (Lipinski definition) is 5. The lowest BCUT2D eigenvalue weighted by atomic mass is 10.1. The van der Waals surface area contributed by atoms with Crippen molar-refractivity contribution in [3.05, 3.63) is 59.3 Å². The number of nitrogens with two attached hydrogens (primary N) is 1. The smallest absolute Gasteiger partial charge is 0.115 e. The van der Waals surface area contributed by atoms with E-state index in [1.54, 1.807) is 11.8 Å². The highest BCUT2D eigenvalue weighted by Crippen LogP contribution is 2.39. The van der Waals surface area contributed by atoms with Crippen molar-refractivity contribution in [2.75, 3.05) is 6.61 Å². The highest BCUT2D eigenvalue weighted by atomic mass is 32.2. The number of hydrogen-bond donors (Lipinski definition) is 2. The zero-order valence-corrected chi connectivity index (χ0v) is 14.8. The molecule has 0 unspecified atom stereocenters. The van der Waals surface area contributed by atoms with Crippen LogP contribution in [0.4, 0.5) is 0 Å². The number of rotatable bonds is 7. The lowest BCUT2D eigenvalue weighted by Gasteiger charge is -2.20. The van der Waals surface area contributed by atoms with Gasteiger partial charge in [-0.3, -0.25) is 0 Å². The van der Waals surface area contributed by atoms with Crippen molar-refractivity contribution in [3.8, 4) is 6.07 Å². The molecule has 0 aliphatic rings. The molecule has 1 aromatic heterocycles. The number of nitriles is 1. The molecule has 0 saturated carbocycles. The van der Waals surface area contributed by atoms with Crippen LogP contribution in [0.5, 0.6) is 0 Å². The maximum absolute atomic E-state index is 9.39. The van der Waals surface area contributed by atoms with Gasteiger partial charge in [0.25, 0.3) is 0 Å². The summed E-state index contributed by atoms with van der Waals surface area (Å²) in [6, 6.07) is 15.7. The van der Waals surface area contributed by atoms with Gasteiger partial charge in [-0.2, -0.15) is 5.26 Å². The summed E-state index contributed by atoms with van der Waals surface area (Å²) >= 11 is 1.54. The van der Waals surface area contributed by atoms with Crippen molar-refractivity contribution in [2.45, 2.75) is 42.5 Å². The van der Waals surface area contributed by atoms with E-state index in [1.165, 1.54) is 0 Å². The van der Waals surface area contributed by atoms with E-state index >= 15 is 0 Å². The van der Waals surface area contributed by atoms with Gasteiger partial charge in [0.15, 0.2) is 0 Å². The second-order valence-corrected chi connectivity index (χ2v) is 7.24. The van der Waals surface area contributed by atoms with Crippen LogP contribution in [0.1, 0.15) is 48.3 Å². The van der Waals surface area contributed by atoms with E-state index in [0.29, 0.717) is 17.9 Å². The molecule has 0 spiro atoms. The van der Waals surface area contributed by atoms with Gasteiger partial charge in [-0.15, -0.1) is 0 Å². The summed E-state index contributed by atoms with van der Waals surface area (Å²) in [6.07, 6.45) is 0.615. The number of aliphatic hydroxyl groups is 1. The maximum Gasteiger partial charge on any atom is 0.115 e. The Labute approximate surface area is 147 Å². The minimum atomic E-state index is -0.304. The van der Waals surface area contributed by atoms with E-state index in [-0.39, 0.29) is 17.9 Å². The lowest BCUT2D eigenvalue weighted by Crippen LogP contribution is -2.26. The topological polar surface area (TPSA) is 82.9 Å². The van der Waals surface area contributed by atoms with Crippen molar-refractivity contribution in [1.82, 2.24) is 4.98 Å². The molecule has 2 aromatic rings. The normalized spacial score (nSPS) is 13.5. The van der Waals surface area contributed by atoms with E-state index in [1.807, 2.05) is 42.5 Å². The first-order valence-electron chi connectivity index (χ1n) is 8.04. The van der Waals surface area contributed by atoms with Crippen molar-refractivity contribution in [1.29, 1.82) is 5.26 Å². The Hall–Kier alpha value is -1.87. The molecule has 5 heteroatoms. The lowest BCUT2D eigenvalue weighted by molar-refractivity contribution is 0.259. The molecular weight excluding hydrogens is 318 g/mol. The van der Waals surface area contributed by atoms with Crippen LogP contribution in [0.2, 0.25) is 0 Å². The second kappa shape index (κ2) is 8.84. The van der Waals surface area contributed by atoms with Crippen molar-refractivity contribution in [3.63, 3.8) is 0 Å². The quantitative estimate of drug-likeness (QED) is 0.752. The van der Waals surface area contributed by atoms with Crippen LogP contribution in [-0.2, 0) is 0 Å². The Morgan fingerprint density at radius 1 is 1.21 bits per heavy atom. The first-order valence-corrected chi connectivity index (χ1v) is 8.92. The molecule has 0 amide bonds. The van der Waals surface area contributed by atoms with E-state index in [4.69, 9.17) is 5.73 Å². The number of aliphatic hydroxyl groups excluding tert-OH is 1. The maximum atomic E-state index is 9.39. The molecule has 0 aliphatic carbocycles. The van der Waals surface area contributed by atoms with Crippen LogP contribution in [-0.4, -0.2) is 22.7 Å². The van der Waals surface area contributed by atoms with E-state index < -0.39 is 0 Å². The zero-order valence-electron chi connectivity index (χ0n) is 14.0. The second-order valence-electron chi connectivity index (χ2n) is 6.05. The van der Waals surface area contributed by atoms with Gasteiger partial charge >= 0.3 is 0 Å². The largest absolute Gasteiger partial charge is 0.395 e. The van der Waals surface area contributed by atoms with Crippen LogP contribution in [0.3, 0.4) is 0 Å². The van der Waals surface area contributed by atoms with Crippen molar-refractivity contribution in [2.24, 2.45) is 5.73 Å². The molecule has 0 radical (unpaired) electrons. The van der Waals surface area contributed by atoms with Crippen molar-refractivity contribution >= 4 is 11.8 Å². The molecule has 0 saturated heterocycles. The minimum absolute atomic E-state index is 0.0374. The minimum Gasteiger partial charge on any atom is -0.395 e. The summed E-state index contributed by atoms with van der Waals surface area (Å²) in [7, 11) is 0. The summed E-state index contributed by atoms with van der Waals surface area (Å²) < 4.78 is 0. The number of benzene rings is 1. The first-order chi connectivity index (χ1) is 11.5. The molecule has 24 heavy (non-hydrogen) atoms. The Morgan fingerprint density at radius 2 is 1.92 bits per heavy atom. The highest BCUT2D eigenvalue weighted by Gasteiger charge is 2.20. The molecule has 2 atom stereocenters. The molecule has 3 N–H and O–H groups in total. The van der Waals surface area contributed by atoms with Crippen LogP contribution in [0.25, 0.3) is 0 Å². The number of thioether (sulfide) groups is 1. The Morgan fingerprint density at radius 3 is 2.50 bits per heavy atom. The molecule has 126 valence electrons. The van der Waals surface area contributed by atoms with Crippen LogP contribution in [0.15, 0.2) is 47.5 Å². The van der Waals surface area contributed by atoms with Gasteiger partial charge in [0, 0.05) is 17.0 Å². The van der Waals surface area contributed by atoms with Gasteiger partial charge in [-0.05, 0) is 30.0 Å². The third-order valence-electron chi connectivity index (χ3n) is 3.77. The molecule has 0 fully saturated rings. The fraction of sp³-hybridized carbons (Fsp3) is 0.368. The van der Waals surface area contributed by atoms with E-state index in [0.717, 1.165) is 16.3 Å². The summed E-state index contributed by atoms with van der Waals surface area (Å²) in [5.41, 5.74) is 8.62. The average molecular weight is 341 g/mol. The van der Waals surface area contributed by atoms with Gasteiger partial charge in [0.1, 0.15) is 11.1 Å². The third kappa shape index (κ3) is 4.81. The van der Waals surface area contributed by atoms with Gasteiger partial charge in [-0.25, -0.2) is 4.98 Å². The number of nitrogens with zero attached hydrogens (tertiary/aromatic N) is 2. The van der Waals surface area contributed by atoms with Gasteiger partial charge in [-0.1, -0.05) is 55.9 Å². The monoisotopic (exact) mass is 341 g/mol. The highest BCUT2D eigenvalue weighted by molar-refractivity contribution is 7.99. The molecular formula is C19H23N3OS. The summed E-state index contributed by atoms with van der Waals surface area (Å²) in [4.78, 5) is 4.68. The predicted molar refractivity (Wildman–Crippen MR) is 97.8 cm³/mol. The van der Waals surface area contributed by atoms with Gasteiger partial charge in [0.05, 0.1) is 12.2 Å². The molecule has 0 aliphatic heterocycles. The molecule has 4 nitrogen and oxygen atoms in total. The summed E-state index contributed by atoms with van der Waals surface area (Å²) in [5.74, 6) is 0.298. The summed E-state index contributed by atoms with van der Waals surface area (Å²) in [6.45, 7) is 4.10. The molecule has 2 rings (SSSR count). The molecule has 0 bridgehead atoms.